The van der Waals surface area contributed by atoms with Crippen LogP contribution in [-0.4, -0.2) is 99.6 Å². The molecule has 1 rings (SSSR count). The fraction of sp³-hybridized carbons (Fsp3) is 0.667. The number of hydrogen-bond donors (Lipinski definition) is 6. The quantitative estimate of drug-likeness (QED) is 0.0195. The van der Waals surface area contributed by atoms with Crippen molar-refractivity contribution in [2.45, 2.75) is 269 Å². The number of hydrogen-bond acceptors (Lipinski definition) is 10. The van der Waals surface area contributed by atoms with Crippen molar-refractivity contribution in [1.82, 2.24) is 5.32 Å². The van der Waals surface area contributed by atoms with Gasteiger partial charge in [-0.1, -0.05) is 226 Å². The Kier molecular flexibility index (Phi) is 48.7. The van der Waals surface area contributed by atoms with E-state index in [0.29, 0.717) is 12.8 Å². The molecule has 438 valence electrons. The molecule has 0 bridgehead atoms. The van der Waals surface area contributed by atoms with Gasteiger partial charge < -0.3 is 45.1 Å². The Morgan fingerprint density at radius 1 is 0.519 bits per heavy atom. The van der Waals surface area contributed by atoms with Crippen molar-refractivity contribution in [3.63, 3.8) is 0 Å². The van der Waals surface area contributed by atoms with Gasteiger partial charge >= 0.3 is 5.97 Å². The number of nitrogens with one attached hydrogen (secondary N) is 1. The van der Waals surface area contributed by atoms with E-state index in [1.54, 1.807) is 6.08 Å². The third-order valence-electron chi connectivity index (χ3n) is 13.4. The van der Waals surface area contributed by atoms with Gasteiger partial charge in [0.1, 0.15) is 24.4 Å². The summed E-state index contributed by atoms with van der Waals surface area (Å²) in [7, 11) is 0. The van der Waals surface area contributed by atoms with Gasteiger partial charge in [-0.2, -0.15) is 0 Å². The Morgan fingerprint density at radius 2 is 0.935 bits per heavy atom. The molecular weight excluding hydrogens is 967 g/mol. The zero-order chi connectivity index (χ0) is 56.1. The molecule has 0 aromatic carbocycles. The standard InChI is InChI=1S/C66H109NO10/c1-4-7-10-13-16-19-22-25-27-28-29-30-31-32-33-34-35-38-41-44-47-50-53-59(70)65(74)67-57(58(69)52-49-46-43-40-37-24-21-18-15-12-9-6-3)56-75-66-64(63(73)62(72)60(55-68)76-66)77-61(71)54-51-48-45-42-39-36-26-23-20-17-14-11-8-5-2/h7-8,10-11,16-17,19-20,25-27,29-30,32-33,35-36,38,49,52,57-60,62-64,66,68-70,72-73H,4-6,9,12-15,18,21-24,28,31,34,37,39-48,50-51,53-56H2,1-3H3,(H,67,74)/b10-7-,11-8+,19-16-,20-17+,27-25-,30-29-,33-32-,36-26+,38-35-,52-49+. The van der Waals surface area contributed by atoms with Gasteiger partial charge in [-0.05, 0) is 109 Å². The number of allylic oxidation sites excluding steroid dienone is 19. The van der Waals surface area contributed by atoms with Gasteiger partial charge in [0.25, 0.3) is 0 Å². The molecule has 11 heteroatoms. The smallest absolute Gasteiger partial charge is 0.306 e. The van der Waals surface area contributed by atoms with Crippen LogP contribution in [0.1, 0.15) is 220 Å². The SMILES string of the molecule is CC/C=C\C/C=C\C/C=C\C/C=C\C/C=C\C/C=C\CCCCCC(O)C(=O)NC(COC1OC(CO)C(O)C(O)C1OC(=O)CCCCCC/C=C/C/C=C/C/C=C/CC)C(O)/C=C/CCCCCCCCCCCC. The summed E-state index contributed by atoms with van der Waals surface area (Å²) in [6.45, 7) is 5.51. The summed E-state index contributed by atoms with van der Waals surface area (Å²) < 4.78 is 17.6. The summed E-state index contributed by atoms with van der Waals surface area (Å²) in [6.07, 6.45) is 62.4. The molecule has 0 aromatic rings. The highest BCUT2D eigenvalue weighted by Crippen LogP contribution is 2.26. The van der Waals surface area contributed by atoms with Gasteiger partial charge in [0.05, 0.1) is 25.4 Å². The predicted octanol–water partition coefficient (Wildman–Crippen LogP) is 14.3. The lowest BCUT2D eigenvalue weighted by atomic mass is 9.99. The van der Waals surface area contributed by atoms with E-state index in [2.05, 4.69) is 135 Å². The predicted molar refractivity (Wildman–Crippen MR) is 319 cm³/mol. The van der Waals surface area contributed by atoms with Crippen molar-refractivity contribution in [2.24, 2.45) is 0 Å². The first-order chi connectivity index (χ1) is 37.7. The van der Waals surface area contributed by atoms with Crippen molar-refractivity contribution < 1.29 is 49.3 Å². The van der Waals surface area contributed by atoms with Crippen LogP contribution in [0.15, 0.2) is 122 Å². The minimum Gasteiger partial charge on any atom is -0.454 e. The molecule has 0 aromatic heterocycles. The van der Waals surface area contributed by atoms with Crippen molar-refractivity contribution in [3.05, 3.63) is 122 Å². The van der Waals surface area contributed by atoms with Crippen LogP contribution in [0.4, 0.5) is 0 Å². The number of amides is 1. The molecule has 1 heterocycles. The zero-order valence-electron chi connectivity index (χ0n) is 48.3. The molecule has 11 nitrogen and oxygen atoms in total. The molecule has 6 N–H and O–H groups in total. The summed E-state index contributed by atoms with van der Waals surface area (Å²) in [6, 6.07) is -1.05. The van der Waals surface area contributed by atoms with E-state index < -0.39 is 67.4 Å². The normalized spacial score (nSPS) is 19.9. The van der Waals surface area contributed by atoms with E-state index >= 15 is 0 Å². The van der Waals surface area contributed by atoms with E-state index in [1.165, 1.54) is 44.9 Å². The molecule has 77 heavy (non-hydrogen) atoms. The van der Waals surface area contributed by atoms with Crippen LogP contribution in [0.25, 0.3) is 0 Å². The number of rotatable bonds is 49. The monoisotopic (exact) mass is 1080 g/mol. The second kappa shape index (κ2) is 52.7. The summed E-state index contributed by atoms with van der Waals surface area (Å²) in [5.41, 5.74) is 0. The molecule has 0 spiro atoms. The maximum absolute atomic E-state index is 13.4. The van der Waals surface area contributed by atoms with Gasteiger partial charge in [-0.3, -0.25) is 9.59 Å². The summed E-state index contributed by atoms with van der Waals surface area (Å²) in [5.74, 6) is -1.25. The molecule has 0 saturated carbocycles. The highest BCUT2D eigenvalue weighted by molar-refractivity contribution is 5.80. The molecule has 1 fully saturated rings. The minimum absolute atomic E-state index is 0.0875. The number of ether oxygens (including phenoxy) is 3. The average Bonchev–Trinajstić information content (AvgIpc) is 3.43. The van der Waals surface area contributed by atoms with Crippen LogP contribution in [0, 0.1) is 0 Å². The van der Waals surface area contributed by atoms with E-state index in [0.717, 1.165) is 128 Å². The van der Waals surface area contributed by atoms with Gasteiger partial charge in [-0.25, -0.2) is 0 Å². The Bertz CT molecular complexity index is 1710. The van der Waals surface area contributed by atoms with Gasteiger partial charge in [0.15, 0.2) is 12.4 Å². The van der Waals surface area contributed by atoms with E-state index in [4.69, 9.17) is 14.2 Å². The Hall–Kier alpha value is -3.94. The first kappa shape index (κ1) is 71.1. The lowest BCUT2D eigenvalue weighted by molar-refractivity contribution is -0.305. The van der Waals surface area contributed by atoms with Gasteiger partial charge in [0.2, 0.25) is 5.91 Å². The number of carbonyl (C=O) groups is 2. The van der Waals surface area contributed by atoms with Crippen molar-refractivity contribution >= 4 is 11.9 Å². The Balaban J connectivity index is 2.73. The fourth-order valence-corrected chi connectivity index (χ4v) is 8.61. The lowest BCUT2D eigenvalue weighted by Gasteiger charge is -2.41. The van der Waals surface area contributed by atoms with Crippen molar-refractivity contribution in [3.8, 4) is 0 Å². The molecule has 1 amide bonds. The number of aliphatic hydroxyl groups is 5. The van der Waals surface area contributed by atoms with E-state index in [1.807, 2.05) is 6.08 Å². The zero-order valence-corrected chi connectivity index (χ0v) is 48.3. The van der Waals surface area contributed by atoms with Crippen LogP contribution in [0.2, 0.25) is 0 Å². The number of aliphatic hydroxyl groups excluding tert-OH is 5. The molecule has 8 atom stereocenters. The fourth-order valence-electron chi connectivity index (χ4n) is 8.61. The number of esters is 1. The van der Waals surface area contributed by atoms with Crippen molar-refractivity contribution in [2.75, 3.05) is 13.2 Å². The van der Waals surface area contributed by atoms with Gasteiger partial charge in [0, 0.05) is 6.42 Å². The first-order valence-electron chi connectivity index (χ1n) is 30.3. The number of unbranched alkanes of at least 4 members (excludes halogenated alkanes) is 17. The van der Waals surface area contributed by atoms with E-state index in [-0.39, 0.29) is 19.4 Å². The molecular formula is C66H109NO10. The Labute approximate surface area is 468 Å². The Morgan fingerprint density at radius 3 is 1.40 bits per heavy atom. The van der Waals surface area contributed by atoms with Gasteiger partial charge in [-0.15, -0.1) is 0 Å². The lowest BCUT2D eigenvalue weighted by Crippen LogP contribution is -2.61. The third kappa shape index (κ3) is 40.8. The second-order valence-electron chi connectivity index (χ2n) is 20.3. The maximum atomic E-state index is 13.4. The summed E-state index contributed by atoms with van der Waals surface area (Å²) in [5, 5.41) is 56.9. The average molecular weight is 1080 g/mol. The summed E-state index contributed by atoms with van der Waals surface area (Å²) >= 11 is 0. The van der Waals surface area contributed by atoms with Crippen LogP contribution >= 0.6 is 0 Å². The van der Waals surface area contributed by atoms with E-state index in [9.17, 15) is 35.1 Å². The molecule has 1 aliphatic heterocycles. The number of carbonyl (C=O) groups excluding carboxylic acids is 2. The van der Waals surface area contributed by atoms with Crippen LogP contribution < -0.4 is 5.32 Å². The largest absolute Gasteiger partial charge is 0.454 e. The first-order valence-corrected chi connectivity index (χ1v) is 30.3. The van der Waals surface area contributed by atoms with Crippen LogP contribution in [-0.2, 0) is 23.8 Å². The van der Waals surface area contributed by atoms with Crippen LogP contribution in [0.5, 0.6) is 0 Å². The van der Waals surface area contributed by atoms with Crippen LogP contribution in [0.3, 0.4) is 0 Å². The highest BCUT2D eigenvalue weighted by atomic mass is 16.7. The maximum Gasteiger partial charge on any atom is 0.306 e. The molecule has 1 saturated heterocycles. The third-order valence-corrected chi connectivity index (χ3v) is 13.4. The highest BCUT2D eigenvalue weighted by Gasteiger charge is 2.47. The molecule has 1 aliphatic rings. The minimum atomic E-state index is -1.63. The van der Waals surface area contributed by atoms with Crippen molar-refractivity contribution in [1.29, 1.82) is 0 Å². The summed E-state index contributed by atoms with van der Waals surface area (Å²) in [4.78, 5) is 26.5. The second-order valence-corrected chi connectivity index (χ2v) is 20.3. The molecule has 8 unspecified atom stereocenters. The topological polar surface area (TPSA) is 175 Å². The molecule has 0 radical (unpaired) electrons. The molecule has 0 aliphatic carbocycles.